The molecule has 0 aliphatic heterocycles. The van der Waals surface area contributed by atoms with Crippen molar-refractivity contribution in [3.63, 3.8) is 0 Å². The van der Waals surface area contributed by atoms with Crippen molar-refractivity contribution in [2.24, 2.45) is 0 Å². The number of esters is 3. The molecule has 0 fully saturated rings. The lowest BCUT2D eigenvalue weighted by Gasteiger charge is -2.18. The van der Waals surface area contributed by atoms with E-state index in [9.17, 15) is 14.4 Å². The lowest BCUT2D eigenvalue weighted by atomic mass is 10.0. The molecule has 0 amide bonds. The van der Waals surface area contributed by atoms with Crippen molar-refractivity contribution in [1.29, 1.82) is 0 Å². The van der Waals surface area contributed by atoms with Crippen molar-refractivity contribution >= 4 is 17.9 Å². The van der Waals surface area contributed by atoms with Crippen molar-refractivity contribution in [3.05, 3.63) is 109 Å². The molecule has 6 heteroatoms. The van der Waals surface area contributed by atoms with Crippen LogP contribution in [-0.4, -0.2) is 37.2 Å². The fourth-order valence-electron chi connectivity index (χ4n) is 7.25. The van der Waals surface area contributed by atoms with Crippen molar-refractivity contribution in [2.45, 2.75) is 245 Å². The average molecular weight is 929 g/mol. The van der Waals surface area contributed by atoms with Gasteiger partial charge in [-0.25, -0.2) is 0 Å². The van der Waals surface area contributed by atoms with E-state index < -0.39 is 6.10 Å². The van der Waals surface area contributed by atoms with Crippen LogP contribution in [0.5, 0.6) is 0 Å². The normalized spacial score (nSPS) is 12.9. The summed E-state index contributed by atoms with van der Waals surface area (Å²) in [7, 11) is 0. The molecule has 0 aromatic carbocycles. The largest absolute Gasteiger partial charge is 0.462 e. The smallest absolute Gasteiger partial charge is 0.306 e. The summed E-state index contributed by atoms with van der Waals surface area (Å²) in [6, 6.07) is 0. The number of rotatable bonds is 48. The lowest BCUT2D eigenvalue weighted by molar-refractivity contribution is -0.166. The van der Waals surface area contributed by atoms with Crippen LogP contribution >= 0.6 is 0 Å². The second-order valence-corrected chi connectivity index (χ2v) is 17.7. The molecule has 0 aliphatic rings. The van der Waals surface area contributed by atoms with Crippen molar-refractivity contribution in [1.82, 2.24) is 0 Å². The predicted molar refractivity (Wildman–Crippen MR) is 288 cm³/mol. The molecule has 0 saturated heterocycles. The topological polar surface area (TPSA) is 78.9 Å². The molecular formula is C61H100O6. The molecule has 0 saturated carbocycles. The molecule has 6 nitrogen and oxygen atoms in total. The highest BCUT2D eigenvalue weighted by molar-refractivity contribution is 5.71. The summed E-state index contributed by atoms with van der Waals surface area (Å²) < 4.78 is 16.8. The number of carbonyl (C=O) groups excluding carboxylic acids is 3. The fraction of sp³-hybridized carbons (Fsp3) is 0.656. The maximum absolute atomic E-state index is 12.8. The summed E-state index contributed by atoms with van der Waals surface area (Å²) in [5.41, 5.74) is 0. The van der Waals surface area contributed by atoms with Crippen LogP contribution < -0.4 is 0 Å². The molecule has 0 unspecified atom stereocenters. The Bertz CT molecular complexity index is 1390. The van der Waals surface area contributed by atoms with Gasteiger partial charge in [-0.15, -0.1) is 0 Å². The first kappa shape index (κ1) is 63.1. The highest BCUT2D eigenvalue weighted by Crippen LogP contribution is 2.15. The molecule has 0 aromatic rings. The van der Waals surface area contributed by atoms with Gasteiger partial charge in [0.05, 0.1) is 0 Å². The number of ether oxygens (including phenoxy) is 3. The van der Waals surface area contributed by atoms with Gasteiger partial charge >= 0.3 is 17.9 Å². The average Bonchev–Trinajstić information content (AvgIpc) is 3.33. The van der Waals surface area contributed by atoms with E-state index in [1.807, 2.05) is 6.08 Å². The van der Waals surface area contributed by atoms with Crippen LogP contribution in [0.15, 0.2) is 109 Å². The van der Waals surface area contributed by atoms with E-state index in [4.69, 9.17) is 14.2 Å². The number of hydrogen-bond donors (Lipinski definition) is 0. The van der Waals surface area contributed by atoms with E-state index in [-0.39, 0.29) is 37.5 Å². The summed E-state index contributed by atoms with van der Waals surface area (Å²) in [4.78, 5) is 38.1. The predicted octanol–water partition coefficient (Wildman–Crippen LogP) is 18.3. The van der Waals surface area contributed by atoms with Crippen LogP contribution in [0.2, 0.25) is 0 Å². The van der Waals surface area contributed by atoms with Crippen molar-refractivity contribution < 1.29 is 28.6 Å². The molecule has 1 atom stereocenters. The standard InChI is InChI=1S/C61H100O6/c1-4-7-10-13-16-19-22-25-28-29-30-31-34-36-39-42-45-48-51-54-60(63)66-57-58(67-61(64)55-52-49-46-43-40-37-33-27-24-21-18-15-12-9-6-3)56-65-59(62)53-50-47-44-41-38-35-32-26-23-20-17-14-11-8-5-2/h7,9-10,12,16,18-19,21,25,27-28,30-31,33,36,39,45,48,58H,4-6,8,11,13-15,17,20,22-24,26,29,32,34-35,37-38,40-44,46-47,49-57H2,1-3H3/b10-7-,12-9-,19-16-,21-18-,28-25-,31-30-,33-27-,39-36-,48-45-/t58-/m0/s1. The Kier molecular flexibility index (Phi) is 51.5. The number of unbranched alkanes of at least 4 members (excludes halogenated alkanes) is 19. The maximum atomic E-state index is 12.8. The van der Waals surface area contributed by atoms with Crippen molar-refractivity contribution in [3.8, 4) is 0 Å². The van der Waals surface area contributed by atoms with Gasteiger partial charge < -0.3 is 14.2 Å². The highest BCUT2D eigenvalue weighted by Gasteiger charge is 2.19. The minimum atomic E-state index is -0.818. The van der Waals surface area contributed by atoms with Gasteiger partial charge in [0.25, 0.3) is 0 Å². The number of carbonyl (C=O) groups is 3. The van der Waals surface area contributed by atoms with Gasteiger partial charge in [-0.05, 0) is 89.9 Å². The van der Waals surface area contributed by atoms with Gasteiger partial charge in [0.1, 0.15) is 13.2 Å². The molecule has 0 aromatic heterocycles. The summed E-state index contributed by atoms with van der Waals surface area (Å²) in [6.07, 6.45) is 73.7. The van der Waals surface area contributed by atoms with Gasteiger partial charge in [0.15, 0.2) is 6.10 Å². The second-order valence-electron chi connectivity index (χ2n) is 17.7. The Morgan fingerprint density at radius 2 is 0.612 bits per heavy atom. The Hall–Kier alpha value is -3.93. The van der Waals surface area contributed by atoms with E-state index in [1.165, 1.54) is 77.0 Å². The van der Waals surface area contributed by atoms with Crippen molar-refractivity contribution in [2.75, 3.05) is 13.2 Å². The van der Waals surface area contributed by atoms with Crippen LogP contribution in [0, 0.1) is 0 Å². The third-order valence-electron chi connectivity index (χ3n) is 11.3. The first-order valence-electron chi connectivity index (χ1n) is 27.4. The molecule has 0 heterocycles. The molecule has 67 heavy (non-hydrogen) atoms. The first-order valence-corrected chi connectivity index (χ1v) is 27.4. The summed E-state index contributed by atoms with van der Waals surface area (Å²) in [5.74, 6) is -1.01. The maximum Gasteiger partial charge on any atom is 0.306 e. The Labute approximate surface area is 412 Å². The summed E-state index contributed by atoms with van der Waals surface area (Å²) in [6.45, 7) is 6.34. The van der Waals surface area contributed by atoms with E-state index in [0.29, 0.717) is 19.3 Å². The van der Waals surface area contributed by atoms with Gasteiger partial charge in [0.2, 0.25) is 0 Å². The minimum Gasteiger partial charge on any atom is -0.462 e. The summed E-state index contributed by atoms with van der Waals surface area (Å²) in [5, 5.41) is 0. The van der Waals surface area contributed by atoms with Gasteiger partial charge in [0, 0.05) is 19.3 Å². The Morgan fingerprint density at radius 1 is 0.313 bits per heavy atom. The van der Waals surface area contributed by atoms with Crippen LogP contribution in [0.3, 0.4) is 0 Å². The SMILES string of the molecule is CC/C=C\C/C=C\C/C=C\C/C=C\C/C=C\C/C=C\CCC(=O)OC[C@H](COC(=O)CCCCCCCCCCCCCCCCC)OC(=O)CCCCCCC/C=C\C/C=C\C/C=C\CC. The Morgan fingerprint density at radius 3 is 1.00 bits per heavy atom. The van der Waals surface area contributed by atoms with Crippen LogP contribution in [0.25, 0.3) is 0 Å². The van der Waals surface area contributed by atoms with E-state index in [0.717, 1.165) is 116 Å². The molecule has 0 aliphatic carbocycles. The molecule has 0 spiro atoms. The van der Waals surface area contributed by atoms with Crippen LogP contribution in [0.1, 0.15) is 239 Å². The Balaban J connectivity index is 4.52. The zero-order valence-electron chi connectivity index (χ0n) is 43.4. The van der Waals surface area contributed by atoms with E-state index >= 15 is 0 Å². The quantitative estimate of drug-likeness (QED) is 0.0262. The zero-order chi connectivity index (χ0) is 48.6. The van der Waals surface area contributed by atoms with Crippen LogP contribution in [-0.2, 0) is 28.6 Å². The molecule has 0 radical (unpaired) electrons. The third-order valence-corrected chi connectivity index (χ3v) is 11.3. The second kappa shape index (κ2) is 54.7. The lowest BCUT2D eigenvalue weighted by Crippen LogP contribution is -2.30. The van der Waals surface area contributed by atoms with Gasteiger partial charge in [-0.1, -0.05) is 239 Å². The van der Waals surface area contributed by atoms with Gasteiger partial charge in [-0.2, -0.15) is 0 Å². The van der Waals surface area contributed by atoms with Crippen LogP contribution in [0.4, 0.5) is 0 Å². The fourth-order valence-corrected chi connectivity index (χ4v) is 7.25. The molecule has 0 bridgehead atoms. The minimum absolute atomic E-state index is 0.108. The van der Waals surface area contributed by atoms with E-state index in [1.54, 1.807) is 0 Å². The van der Waals surface area contributed by atoms with E-state index in [2.05, 4.69) is 124 Å². The monoisotopic (exact) mass is 929 g/mol. The molecule has 0 N–H and O–H groups in total. The third kappa shape index (κ3) is 52.9. The molecule has 0 rings (SSSR count). The number of hydrogen-bond acceptors (Lipinski definition) is 6. The summed E-state index contributed by atoms with van der Waals surface area (Å²) >= 11 is 0. The van der Waals surface area contributed by atoms with Gasteiger partial charge in [-0.3, -0.25) is 14.4 Å². The molecular weight excluding hydrogens is 829 g/mol. The first-order chi connectivity index (χ1) is 33.0. The highest BCUT2D eigenvalue weighted by atomic mass is 16.6. The zero-order valence-corrected chi connectivity index (χ0v) is 43.4. The number of allylic oxidation sites excluding steroid dienone is 18. The molecule has 380 valence electrons.